The highest BCUT2D eigenvalue weighted by molar-refractivity contribution is 7.89. The van der Waals surface area contributed by atoms with E-state index in [0.717, 1.165) is 12.8 Å². The van der Waals surface area contributed by atoms with Crippen LogP contribution in [0, 0.1) is 6.92 Å². The fourth-order valence-corrected chi connectivity index (χ4v) is 2.96. The van der Waals surface area contributed by atoms with Crippen molar-refractivity contribution in [1.29, 1.82) is 0 Å². The fraction of sp³-hybridized carbons (Fsp3) is 0.700. The Morgan fingerprint density at radius 1 is 1.47 bits per heavy atom. The highest BCUT2D eigenvalue weighted by Crippen LogP contribution is 2.13. The molecule has 0 aromatic carbocycles. The lowest BCUT2D eigenvalue weighted by Gasteiger charge is -2.20. The smallest absolute Gasteiger partial charge is 0.260 e. The fourth-order valence-electron chi connectivity index (χ4n) is 1.50. The lowest BCUT2D eigenvalue weighted by Crippen LogP contribution is -2.36. The van der Waals surface area contributed by atoms with Crippen LogP contribution < -0.4 is 5.73 Å². The summed E-state index contributed by atoms with van der Waals surface area (Å²) in [6.07, 6.45) is 3.12. The number of H-pyrrole nitrogens is 1. The minimum absolute atomic E-state index is 0.138. The van der Waals surface area contributed by atoms with E-state index >= 15 is 0 Å². The molecule has 7 heteroatoms. The van der Waals surface area contributed by atoms with Gasteiger partial charge in [0, 0.05) is 19.6 Å². The van der Waals surface area contributed by atoms with E-state index in [9.17, 15) is 8.42 Å². The van der Waals surface area contributed by atoms with Crippen molar-refractivity contribution < 1.29 is 8.42 Å². The molecule has 0 aliphatic carbocycles. The Morgan fingerprint density at radius 3 is 2.65 bits per heavy atom. The van der Waals surface area contributed by atoms with Gasteiger partial charge < -0.3 is 10.7 Å². The number of nitrogens with one attached hydrogen (secondary N) is 1. The first kappa shape index (κ1) is 14.1. The molecule has 1 aromatic heterocycles. The number of hydrogen-bond donors (Lipinski definition) is 2. The topological polar surface area (TPSA) is 92.1 Å². The van der Waals surface area contributed by atoms with Gasteiger partial charge >= 0.3 is 0 Å². The molecule has 1 rings (SSSR count). The third kappa shape index (κ3) is 3.52. The van der Waals surface area contributed by atoms with Crippen LogP contribution in [0.2, 0.25) is 0 Å². The first-order valence-corrected chi connectivity index (χ1v) is 7.18. The molecule has 0 aliphatic rings. The summed E-state index contributed by atoms with van der Waals surface area (Å²) in [4.78, 5) is 6.66. The van der Waals surface area contributed by atoms with Gasteiger partial charge in [-0.05, 0) is 13.3 Å². The summed E-state index contributed by atoms with van der Waals surface area (Å²) in [7, 11) is -3.48. The number of imidazole rings is 1. The van der Waals surface area contributed by atoms with Gasteiger partial charge in [0.1, 0.15) is 5.82 Å². The van der Waals surface area contributed by atoms with Crippen LogP contribution in [0.5, 0.6) is 0 Å². The van der Waals surface area contributed by atoms with Gasteiger partial charge in [-0.25, -0.2) is 13.4 Å². The Balaban J connectivity index is 2.91. The van der Waals surface area contributed by atoms with Crippen LogP contribution in [0.3, 0.4) is 0 Å². The maximum Gasteiger partial charge on any atom is 0.260 e. The van der Waals surface area contributed by atoms with Gasteiger partial charge in [0.2, 0.25) is 0 Å². The molecular formula is C10H20N4O2S. The minimum atomic E-state index is -3.48. The van der Waals surface area contributed by atoms with Gasteiger partial charge in [0.15, 0.2) is 5.03 Å². The standard InChI is InChI=1S/C10H20N4O2S/c1-3-4-6-14(7-5-11)17(15,16)10-8-12-9(2)13-10/h8H,3-7,11H2,1-2H3,(H,12,13). The van der Waals surface area contributed by atoms with E-state index in [1.54, 1.807) is 6.92 Å². The largest absolute Gasteiger partial charge is 0.332 e. The minimum Gasteiger partial charge on any atom is -0.332 e. The Kier molecular flexibility index (Phi) is 5.10. The van der Waals surface area contributed by atoms with Crippen molar-refractivity contribution in [3.63, 3.8) is 0 Å². The van der Waals surface area contributed by atoms with Gasteiger partial charge in [-0.2, -0.15) is 4.31 Å². The average Bonchev–Trinajstić information content (AvgIpc) is 2.71. The first-order chi connectivity index (χ1) is 8.02. The predicted octanol–water partition coefficient (Wildman–Crippen LogP) is 0.468. The highest BCUT2D eigenvalue weighted by atomic mass is 32.2. The first-order valence-electron chi connectivity index (χ1n) is 5.74. The summed E-state index contributed by atoms with van der Waals surface area (Å²) in [5, 5.41) is 0.138. The van der Waals surface area contributed by atoms with Gasteiger partial charge in [0.05, 0.1) is 6.20 Å². The number of rotatable bonds is 7. The molecule has 17 heavy (non-hydrogen) atoms. The molecule has 98 valence electrons. The lowest BCUT2D eigenvalue weighted by atomic mass is 10.3. The Hall–Kier alpha value is -0.920. The molecule has 0 saturated heterocycles. The number of aromatic amines is 1. The maximum absolute atomic E-state index is 12.2. The molecule has 0 fully saturated rings. The van der Waals surface area contributed by atoms with Crippen LogP contribution in [0.4, 0.5) is 0 Å². The van der Waals surface area contributed by atoms with Crippen molar-refractivity contribution in [3.05, 3.63) is 12.0 Å². The molecule has 1 heterocycles. The van der Waals surface area contributed by atoms with Crippen LogP contribution >= 0.6 is 0 Å². The number of nitrogens with zero attached hydrogens (tertiary/aromatic N) is 2. The monoisotopic (exact) mass is 260 g/mol. The Bertz CT molecular complexity index is 441. The zero-order chi connectivity index (χ0) is 12.9. The van der Waals surface area contributed by atoms with Crippen LogP contribution in [0.15, 0.2) is 11.2 Å². The van der Waals surface area contributed by atoms with Crippen molar-refractivity contribution in [2.75, 3.05) is 19.6 Å². The molecule has 0 radical (unpaired) electrons. The number of nitrogens with two attached hydrogens (primary N) is 1. The normalized spacial score (nSPS) is 12.2. The number of aromatic nitrogens is 2. The molecule has 0 spiro atoms. The Morgan fingerprint density at radius 2 is 2.18 bits per heavy atom. The number of sulfonamides is 1. The van der Waals surface area contributed by atoms with E-state index in [4.69, 9.17) is 5.73 Å². The quantitative estimate of drug-likeness (QED) is 0.745. The van der Waals surface area contributed by atoms with E-state index in [2.05, 4.69) is 9.97 Å². The second-order valence-corrected chi connectivity index (χ2v) is 5.79. The SMILES string of the molecule is CCCCN(CCN)S(=O)(=O)c1cnc(C)[nH]1. The summed E-state index contributed by atoms with van der Waals surface area (Å²) in [6.45, 7) is 4.89. The van der Waals surface area contributed by atoms with Crippen LogP contribution in [0.25, 0.3) is 0 Å². The zero-order valence-electron chi connectivity index (χ0n) is 10.3. The lowest BCUT2D eigenvalue weighted by molar-refractivity contribution is 0.408. The molecule has 1 aromatic rings. The summed E-state index contributed by atoms with van der Waals surface area (Å²) in [6, 6.07) is 0. The third-order valence-electron chi connectivity index (χ3n) is 2.44. The van der Waals surface area contributed by atoms with Crippen molar-refractivity contribution in [2.45, 2.75) is 31.7 Å². The van der Waals surface area contributed by atoms with Gasteiger partial charge in [-0.3, -0.25) is 0 Å². The van der Waals surface area contributed by atoms with Crippen molar-refractivity contribution in [1.82, 2.24) is 14.3 Å². The molecule has 3 N–H and O–H groups in total. The summed E-state index contributed by atoms with van der Waals surface area (Å²) < 4.78 is 25.9. The molecule has 0 unspecified atom stereocenters. The zero-order valence-corrected chi connectivity index (χ0v) is 11.1. The van der Waals surface area contributed by atoms with E-state index in [1.807, 2.05) is 6.92 Å². The van der Waals surface area contributed by atoms with Gasteiger partial charge in [-0.1, -0.05) is 13.3 Å². The van der Waals surface area contributed by atoms with E-state index in [1.165, 1.54) is 10.5 Å². The molecule has 0 aliphatic heterocycles. The summed E-state index contributed by atoms with van der Waals surface area (Å²) in [5.41, 5.74) is 5.45. The molecule has 0 atom stereocenters. The van der Waals surface area contributed by atoms with Gasteiger partial charge in [0.25, 0.3) is 10.0 Å². The van der Waals surface area contributed by atoms with Crippen molar-refractivity contribution >= 4 is 10.0 Å². The molecular weight excluding hydrogens is 240 g/mol. The predicted molar refractivity (Wildman–Crippen MR) is 66.0 cm³/mol. The third-order valence-corrected chi connectivity index (χ3v) is 4.25. The van der Waals surface area contributed by atoms with Gasteiger partial charge in [-0.15, -0.1) is 0 Å². The molecule has 0 amide bonds. The maximum atomic E-state index is 12.2. The summed E-state index contributed by atoms with van der Waals surface area (Å²) in [5.74, 6) is 0.590. The van der Waals surface area contributed by atoms with E-state index < -0.39 is 10.0 Å². The van der Waals surface area contributed by atoms with Crippen LogP contribution in [0.1, 0.15) is 25.6 Å². The number of unbranched alkanes of at least 4 members (excludes halogenated alkanes) is 1. The summed E-state index contributed by atoms with van der Waals surface area (Å²) >= 11 is 0. The second-order valence-electron chi connectivity index (χ2n) is 3.88. The van der Waals surface area contributed by atoms with Crippen LogP contribution in [-0.4, -0.2) is 42.3 Å². The van der Waals surface area contributed by atoms with Crippen molar-refractivity contribution in [3.8, 4) is 0 Å². The van der Waals surface area contributed by atoms with E-state index in [-0.39, 0.29) is 5.03 Å². The second kappa shape index (κ2) is 6.13. The number of aryl methyl sites for hydroxylation is 1. The highest BCUT2D eigenvalue weighted by Gasteiger charge is 2.24. The molecule has 0 saturated carbocycles. The average molecular weight is 260 g/mol. The molecule has 6 nitrogen and oxygen atoms in total. The Labute approximate surface area is 102 Å². The van der Waals surface area contributed by atoms with E-state index in [0.29, 0.717) is 25.5 Å². The number of hydrogen-bond acceptors (Lipinski definition) is 4. The molecule has 0 bridgehead atoms. The van der Waals surface area contributed by atoms with Crippen LogP contribution in [-0.2, 0) is 10.0 Å². The van der Waals surface area contributed by atoms with Crippen molar-refractivity contribution in [2.24, 2.45) is 5.73 Å².